The van der Waals surface area contributed by atoms with Gasteiger partial charge in [0.05, 0.1) is 34.6 Å². The number of furan rings is 1. The van der Waals surface area contributed by atoms with Crippen LogP contribution in [0.2, 0.25) is 0 Å². The van der Waals surface area contributed by atoms with Crippen molar-refractivity contribution in [3.05, 3.63) is 180 Å². The first-order chi connectivity index (χ1) is 23.7. The van der Waals surface area contributed by atoms with Gasteiger partial charge in [-0.1, -0.05) is 133 Å². The van der Waals surface area contributed by atoms with Gasteiger partial charge in [0.15, 0.2) is 0 Å². The van der Waals surface area contributed by atoms with Crippen molar-refractivity contribution >= 4 is 51.0 Å². The van der Waals surface area contributed by atoms with Crippen LogP contribution in [0.5, 0.6) is 0 Å². The Hall–Kier alpha value is -6.39. The Balaban J connectivity index is 1.18. The molecule has 4 heteroatoms. The highest BCUT2D eigenvalue weighted by atomic mass is 16.3. The molecule has 0 atom stereocenters. The summed E-state index contributed by atoms with van der Waals surface area (Å²) in [4.78, 5) is 14.7. The van der Waals surface area contributed by atoms with Gasteiger partial charge in [-0.15, -0.1) is 0 Å². The Bertz CT molecular complexity index is 2470. The van der Waals surface area contributed by atoms with Crippen molar-refractivity contribution in [2.75, 3.05) is 0 Å². The number of aliphatic imine (C=N–C) groups is 2. The SMILES string of the molecule is C=N/C(=C\C(=NCc1cccc(-c2nc3ccccc3c3oc4ccccc4c23)c1)c1ccccc1)c1ccc(-c2ccccc2)cc1. The zero-order chi connectivity index (χ0) is 32.3. The molecule has 48 heavy (non-hydrogen) atoms. The molecule has 0 fully saturated rings. The zero-order valence-electron chi connectivity index (χ0n) is 26.3. The zero-order valence-corrected chi connectivity index (χ0v) is 26.3. The second-order valence-corrected chi connectivity index (χ2v) is 11.7. The van der Waals surface area contributed by atoms with E-state index in [9.17, 15) is 0 Å². The fraction of sp³-hybridized carbons (Fsp3) is 0.0227. The van der Waals surface area contributed by atoms with Crippen molar-refractivity contribution in [1.82, 2.24) is 4.98 Å². The standard InChI is InChI=1S/C44H31N3O/c1-45-39(34-25-23-32(24-26-34)31-14-4-2-5-15-31)28-40(33-16-6-3-7-17-33)46-29-30-13-12-18-35(27-30)43-42-37-20-9-11-22-41(37)48-44(42)36-19-8-10-21-38(36)47-43/h2-28H,1,29H2/b39-28-,46-40?. The Kier molecular flexibility index (Phi) is 7.73. The summed E-state index contributed by atoms with van der Waals surface area (Å²) in [6.45, 7) is 4.38. The molecule has 0 saturated heterocycles. The highest BCUT2D eigenvalue weighted by Crippen LogP contribution is 2.39. The van der Waals surface area contributed by atoms with Crippen molar-refractivity contribution in [1.29, 1.82) is 0 Å². The lowest BCUT2D eigenvalue weighted by Crippen LogP contribution is -2.00. The molecule has 0 aliphatic heterocycles. The summed E-state index contributed by atoms with van der Waals surface area (Å²) < 4.78 is 6.42. The Morgan fingerprint density at radius 2 is 1.29 bits per heavy atom. The van der Waals surface area contributed by atoms with Crippen LogP contribution in [0.4, 0.5) is 0 Å². The first-order valence-corrected chi connectivity index (χ1v) is 16.0. The minimum atomic E-state index is 0.481. The van der Waals surface area contributed by atoms with Crippen LogP contribution in [0, 0.1) is 0 Å². The number of fused-ring (bicyclic) bond motifs is 5. The second-order valence-electron chi connectivity index (χ2n) is 11.7. The van der Waals surface area contributed by atoms with Gasteiger partial charge in [-0.05, 0) is 59.3 Å². The number of para-hydroxylation sites is 2. The average molecular weight is 618 g/mol. The van der Waals surface area contributed by atoms with Crippen molar-refractivity contribution in [2.45, 2.75) is 6.54 Å². The fourth-order valence-corrected chi connectivity index (χ4v) is 6.26. The third-order valence-electron chi connectivity index (χ3n) is 8.65. The van der Waals surface area contributed by atoms with Gasteiger partial charge in [0.2, 0.25) is 0 Å². The van der Waals surface area contributed by atoms with E-state index >= 15 is 0 Å². The van der Waals surface area contributed by atoms with Crippen LogP contribution >= 0.6 is 0 Å². The molecule has 0 unspecified atom stereocenters. The minimum Gasteiger partial charge on any atom is -0.455 e. The molecule has 0 amide bonds. The van der Waals surface area contributed by atoms with Gasteiger partial charge < -0.3 is 4.42 Å². The predicted octanol–water partition coefficient (Wildman–Crippen LogP) is 11.2. The second kappa shape index (κ2) is 12.8. The molecule has 0 aliphatic carbocycles. The van der Waals surface area contributed by atoms with E-state index in [1.54, 1.807) is 0 Å². The fourth-order valence-electron chi connectivity index (χ4n) is 6.26. The monoisotopic (exact) mass is 617 g/mol. The maximum Gasteiger partial charge on any atom is 0.147 e. The summed E-state index contributed by atoms with van der Waals surface area (Å²) in [5, 5.41) is 3.09. The van der Waals surface area contributed by atoms with Crippen LogP contribution in [0.1, 0.15) is 16.7 Å². The van der Waals surface area contributed by atoms with E-state index in [-0.39, 0.29) is 0 Å². The Labute approximate surface area is 279 Å². The molecular weight excluding hydrogens is 587 g/mol. The normalized spacial score (nSPS) is 12.2. The Morgan fingerprint density at radius 1 is 0.625 bits per heavy atom. The van der Waals surface area contributed by atoms with Gasteiger partial charge in [0.25, 0.3) is 0 Å². The molecule has 0 N–H and O–H groups in total. The Morgan fingerprint density at radius 3 is 2.08 bits per heavy atom. The smallest absolute Gasteiger partial charge is 0.147 e. The minimum absolute atomic E-state index is 0.481. The van der Waals surface area contributed by atoms with Crippen molar-refractivity contribution < 1.29 is 4.42 Å². The van der Waals surface area contributed by atoms with Gasteiger partial charge in [-0.3, -0.25) is 9.98 Å². The lowest BCUT2D eigenvalue weighted by molar-refractivity contribution is 0.672. The first-order valence-electron chi connectivity index (χ1n) is 16.0. The van der Waals surface area contributed by atoms with E-state index in [2.05, 4.69) is 109 Å². The predicted molar refractivity (Wildman–Crippen MR) is 201 cm³/mol. The van der Waals surface area contributed by atoms with Gasteiger partial charge in [0, 0.05) is 21.9 Å². The highest BCUT2D eigenvalue weighted by Gasteiger charge is 2.17. The lowest BCUT2D eigenvalue weighted by Gasteiger charge is -2.09. The summed E-state index contributed by atoms with van der Waals surface area (Å²) in [5.41, 5.74) is 11.5. The third kappa shape index (κ3) is 5.61. The molecule has 0 spiro atoms. The van der Waals surface area contributed by atoms with Crippen LogP contribution < -0.4 is 0 Å². The van der Waals surface area contributed by atoms with E-state index in [4.69, 9.17) is 14.4 Å². The molecule has 2 aromatic heterocycles. The van der Waals surface area contributed by atoms with Crippen molar-refractivity contribution in [3.63, 3.8) is 0 Å². The van der Waals surface area contributed by atoms with Gasteiger partial charge in [-0.25, -0.2) is 4.98 Å². The number of benzene rings is 6. The molecule has 0 radical (unpaired) electrons. The molecule has 6 aromatic carbocycles. The van der Waals surface area contributed by atoms with Crippen LogP contribution in [0.25, 0.3) is 60.9 Å². The van der Waals surface area contributed by atoms with Crippen LogP contribution in [-0.4, -0.2) is 17.4 Å². The number of hydrogen-bond acceptors (Lipinski definition) is 4. The maximum absolute atomic E-state index is 6.42. The summed E-state index contributed by atoms with van der Waals surface area (Å²) in [6.07, 6.45) is 2.02. The number of aromatic nitrogens is 1. The van der Waals surface area contributed by atoms with E-state index < -0.39 is 0 Å². The highest BCUT2D eigenvalue weighted by molar-refractivity contribution is 6.19. The molecule has 0 aliphatic rings. The topological polar surface area (TPSA) is 50.8 Å². The molecular formula is C44H31N3O. The van der Waals surface area contributed by atoms with Crippen LogP contribution in [0.3, 0.4) is 0 Å². The number of hydrogen-bond donors (Lipinski definition) is 0. The number of allylic oxidation sites excluding steroid dienone is 1. The molecule has 4 nitrogen and oxygen atoms in total. The number of nitrogens with zero attached hydrogens (tertiary/aromatic N) is 3. The van der Waals surface area contributed by atoms with Gasteiger partial charge in [-0.2, -0.15) is 0 Å². The summed E-state index contributed by atoms with van der Waals surface area (Å²) in [7, 11) is 0. The number of rotatable bonds is 8. The van der Waals surface area contributed by atoms with Gasteiger partial charge >= 0.3 is 0 Å². The van der Waals surface area contributed by atoms with Crippen LogP contribution in [-0.2, 0) is 6.54 Å². The largest absolute Gasteiger partial charge is 0.455 e. The molecule has 8 rings (SSSR count). The average Bonchev–Trinajstić information content (AvgIpc) is 3.56. The molecule has 2 heterocycles. The summed E-state index contributed by atoms with van der Waals surface area (Å²) >= 11 is 0. The first kappa shape index (κ1) is 29.0. The van der Waals surface area contributed by atoms with Gasteiger partial charge in [0.1, 0.15) is 11.2 Å². The van der Waals surface area contributed by atoms with E-state index in [0.29, 0.717) is 6.54 Å². The summed E-state index contributed by atoms with van der Waals surface area (Å²) in [5.74, 6) is 0. The van der Waals surface area contributed by atoms with Crippen LogP contribution in [0.15, 0.2) is 178 Å². The molecule has 0 bridgehead atoms. The van der Waals surface area contributed by atoms with Crippen molar-refractivity contribution in [3.8, 4) is 22.4 Å². The maximum atomic E-state index is 6.42. The molecule has 228 valence electrons. The lowest BCUT2D eigenvalue weighted by atomic mass is 10.0. The van der Waals surface area contributed by atoms with Crippen molar-refractivity contribution in [2.24, 2.45) is 9.98 Å². The summed E-state index contributed by atoms with van der Waals surface area (Å²) in [6, 6.07) is 53.8. The van der Waals surface area contributed by atoms with E-state index in [1.807, 2.05) is 66.7 Å². The molecule has 0 saturated carbocycles. The number of pyridine rings is 1. The van der Waals surface area contributed by atoms with E-state index in [0.717, 1.165) is 77.8 Å². The quantitative estimate of drug-likeness (QED) is 0.159. The van der Waals surface area contributed by atoms with E-state index in [1.165, 1.54) is 5.56 Å². The third-order valence-corrected chi connectivity index (χ3v) is 8.65. The molecule has 8 aromatic rings.